The van der Waals surface area contributed by atoms with Crippen LogP contribution in [0.4, 0.5) is 0 Å². The van der Waals surface area contributed by atoms with E-state index in [0.29, 0.717) is 44.4 Å². The van der Waals surface area contributed by atoms with Crippen LogP contribution in [0.15, 0.2) is 11.6 Å². The zero-order chi connectivity index (χ0) is 42.8. The van der Waals surface area contributed by atoms with Crippen molar-refractivity contribution in [2.75, 3.05) is 6.61 Å². The third-order valence-electron chi connectivity index (χ3n) is 16.3. The number of esters is 1. The maximum absolute atomic E-state index is 14.3. The number of carbonyl (C=O) groups is 1. The van der Waals surface area contributed by atoms with Gasteiger partial charge in [-0.25, -0.2) is 4.18 Å². The molecule has 18 atom stereocenters. The van der Waals surface area contributed by atoms with E-state index in [1.54, 1.807) is 0 Å². The molecule has 7 aliphatic rings. The summed E-state index contributed by atoms with van der Waals surface area (Å²) in [5.41, 5.74) is -4.89. The lowest BCUT2D eigenvalue weighted by Crippen LogP contribution is -2.68. The molecule has 4 aliphatic carbocycles. The van der Waals surface area contributed by atoms with Gasteiger partial charge in [0.1, 0.15) is 53.2 Å². The molecule has 17 heteroatoms. The SMILES string of the molecule is CC(C)CCC[C@]1(C)OC(=O)[C@]23[C@@H](O)C=C4C(CCC5C(C)(C)[C@@H](O[C@@H]6OC[C@@H](OS(=O)(=O)O)[C@H](O)[C@H]6O[C@@H]6O[C@H](C)[C@@H](O)[C@H](O)[C@H]6O)CC[C@]45C)[C@]2(C)CC[C@@]31O. The van der Waals surface area contributed by atoms with Crippen molar-refractivity contribution in [2.45, 2.75) is 192 Å². The highest BCUT2D eigenvalue weighted by Crippen LogP contribution is 2.77. The smallest absolute Gasteiger partial charge is 0.397 e. The summed E-state index contributed by atoms with van der Waals surface area (Å²) in [7, 11) is -5.03. The minimum absolute atomic E-state index is 0.00676. The minimum Gasteiger partial charge on any atom is -0.456 e. The summed E-state index contributed by atoms with van der Waals surface area (Å²) < 4.78 is 67.8. The Bertz CT molecular complexity index is 1720. The van der Waals surface area contributed by atoms with E-state index in [4.69, 9.17) is 23.7 Å². The van der Waals surface area contributed by atoms with Gasteiger partial charge in [0.05, 0.1) is 24.9 Å². The fraction of sp³-hybridized carbons (Fsp3) is 0.927. The maximum atomic E-state index is 14.3. The van der Waals surface area contributed by atoms with E-state index in [9.17, 15) is 48.4 Å². The summed E-state index contributed by atoms with van der Waals surface area (Å²) in [5, 5.41) is 67.9. The second-order valence-corrected chi connectivity index (χ2v) is 21.2. The molecule has 3 saturated carbocycles. The largest absolute Gasteiger partial charge is 0.456 e. The molecule has 0 aromatic carbocycles. The van der Waals surface area contributed by atoms with E-state index < -0.39 is 123 Å². The van der Waals surface area contributed by atoms with E-state index in [1.165, 1.54) is 6.92 Å². The van der Waals surface area contributed by atoms with Gasteiger partial charge in [-0.05, 0) is 99.2 Å². The molecule has 6 fully saturated rings. The highest BCUT2D eigenvalue weighted by Gasteiger charge is 2.85. The summed E-state index contributed by atoms with van der Waals surface area (Å²) >= 11 is 0. The molecule has 3 heterocycles. The number of aliphatic hydroxyl groups excluding tert-OH is 5. The van der Waals surface area contributed by atoms with Crippen LogP contribution in [0.2, 0.25) is 0 Å². The van der Waals surface area contributed by atoms with Crippen LogP contribution in [0.1, 0.15) is 113 Å². The number of allylic oxidation sites excluding steroid dienone is 1. The van der Waals surface area contributed by atoms with E-state index >= 15 is 0 Å². The lowest BCUT2D eigenvalue weighted by atomic mass is 9.40. The summed E-state index contributed by atoms with van der Waals surface area (Å²) in [4.78, 5) is 14.3. The van der Waals surface area contributed by atoms with Gasteiger partial charge in [0.2, 0.25) is 0 Å². The number of cyclic esters (lactones) is 1. The highest BCUT2D eigenvalue weighted by molar-refractivity contribution is 7.80. The summed E-state index contributed by atoms with van der Waals surface area (Å²) in [6.45, 7) is 15.5. The molecule has 58 heavy (non-hydrogen) atoms. The first-order chi connectivity index (χ1) is 26.8. The highest BCUT2D eigenvalue weighted by atomic mass is 32.3. The molecule has 1 spiro atoms. The number of fused-ring (bicyclic) bond motifs is 4. The Hall–Kier alpha value is -1.32. The van der Waals surface area contributed by atoms with E-state index in [2.05, 4.69) is 45.7 Å². The minimum atomic E-state index is -5.03. The zero-order valence-electron chi connectivity index (χ0n) is 34.9. The van der Waals surface area contributed by atoms with Crippen molar-refractivity contribution in [2.24, 2.45) is 39.4 Å². The molecule has 0 aromatic rings. The normalized spacial score (nSPS) is 51.3. The van der Waals surface area contributed by atoms with Gasteiger partial charge in [0, 0.05) is 0 Å². The first-order valence-electron chi connectivity index (χ1n) is 21.1. The van der Waals surface area contributed by atoms with Crippen LogP contribution in [-0.4, -0.2) is 135 Å². The van der Waals surface area contributed by atoms with Gasteiger partial charge in [0.25, 0.3) is 0 Å². The van der Waals surface area contributed by atoms with Crippen LogP contribution < -0.4 is 0 Å². The average Bonchev–Trinajstić information content (AvgIpc) is 3.48. The molecule has 0 amide bonds. The Kier molecular flexibility index (Phi) is 11.5. The molecule has 0 aromatic heterocycles. The van der Waals surface area contributed by atoms with Gasteiger partial charge in [-0.3, -0.25) is 9.35 Å². The van der Waals surface area contributed by atoms with E-state index in [1.807, 2.05) is 13.0 Å². The first kappa shape index (κ1) is 44.7. The zero-order valence-corrected chi connectivity index (χ0v) is 35.8. The van der Waals surface area contributed by atoms with Gasteiger partial charge in [0.15, 0.2) is 12.6 Å². The number of rotatable bonds is 10. The van der Waals surface area contributed by atoms with Gasteiger partial charge in [-0.2, -0.15) is 8.42 Å². The molecule has 2 unspecified atom stereocenters. The van der Waals surface area contributed by atoms with Crippen molar-refractivity contribution in [1.82, 2.24) is 0 Å². The Labute approximate surface area is 341 Å². The Morgan fingerprint density at radius 1 is 0.897 bits per heavy atom. The second-order valence-electron chi connectivity index (χ2n) is 20.2. The fourth-order valence-electron chi connectivity index (χ4n) is 13.2. The molecule has 16 nitrogen and oxygen atoms in total. The van der Waals surface area contributed by atoms with Crippen LogP contribution in [0.5, 0.6) is 0 Å². The quantitative estimate of drug-likeness (QED) is 0.0722. The lowest BCUT2D eigenvalue weighted by Gasteiger charge is -2.64. The van der Waals surface area contributed by atoms with Gasteiger partial charge in [-0.15, -0.1) is 0 Å². The van der Waals surface area contributed by atoms with Crippen LogP contribution in [0, 0.1) is 39.4 Å². The molecular formula is C41H66O16S. The van der Waals surface area contributed by atoms with Gasteiger partial charge in [-0.1, -0.05) is 59.6 Å². The standard InChI is InChI=1S/C41H66O16S/c1-20(2)10-9-14-39(8)40(48)17-16-38(7)22-11-12-25-36(4,5)27(13-15-37(25,6)23(22)18-26(42)41(38,40)35(47)56-39)54-34-32(29(44)24(19-52-34)57-58(49,50)51)55-33-31(46)30(45)28(43)21(3)53-33/h18,20-22,24-34,42-46,48H,9-17,19H2,1-8H3,(H,49,50,51)/t21-,22?,24-,25?,26+,27+,28-,29+,30+,31-,32-,33+,34+,37-,38+,39+,40+,41-/m1/s1. The van der Waals surface area contributed by atoms with Gasteiger partial charge >= 0.3 is 16.4 Å². The molecule has 0 bridgehead atoms. The second kappa shape index (κ2) is 14.9. The Morgan fingerprint density at radius 3 is 2.24 bits per heavy atom. The van der Waals surface area contributed by atoms with Crippen LogP contribution in [0.25, 0.3) is 0 Å². The summed E-state index contributed by atoms with van der Waals surface area (Å²) in [6, 6.07) is 0. The molecular weight excluding hydrogens is 781 g/mol. The fourth-order valence-corrected chi connectivity index (χ4v) is 13.7. The number of hydrogen-bond donors (Lipinski definition) is 7. The van der Waals surface area contributed by atoms with Crippen molar-refractivity contribution in [1.29, 1.82) is 0 Å². The third-order valence-corrected chi connectivity index (χ3v) is 16.8. The van der Waals surface area contributed by atoms with Gasteiger partial charge < -0.3 is 54.3 Å². The Balaban J connectivity index is 1.15. The van der Waals surface area contributed by atoms with Crippen molar-refractivity contribution >= 4 is 16.4 Å². The van der Waals surface area contributed by atoms with Crippen molar-refractivity contribution in [3.05, 3.63) is 11.6 Å². The number of ether oxygens (including phenoxy) is 5. The van der Waals surface area contributed by atoms with Crippen LogP contribution >= 0.6 is 0 Å². The van der Waals surface area contributed by atoms with Crippen LogP contribution in [0.3, 0.4) is 0 Å². The number of hydrogen-bond acceptors (Lipinski definition) is 15. The van der Waals surface area contributed by atoms with Crippen molar-refractivity contribution < 1.29 is 76.3 Å². The molecule has 7 N–H and O–H groups in total. The summed E-state index contributed by atoms with van der Waals surface area (Å²) in [6.07, 6.45) is -8.00. The predicted molar refractivity (Wildman–Crippen MR) is 204 cm³/mol. The van der Waals surface area contributed by atoms with E-state index in [0.717, 1.165) is 24.8 Å². The van der Waals surface area contributed by atoms with E-state index in [-0.39, 0.29) is 11.8 Å². The summed E-state index contributed by atoms with van der Waals surface area (Å²) in [5.74, 6) is -0.164. The topological polar surface area (TPSA) is 248 Å². The third kappa shape index (κ3) is 6.50. The molecule has 7 rings (SSSR count). The maximum Gasteiger partial charge on any atom is 0.397 e. The molecule has 3 saturated heterocycles. The molecule has 332 valence electrons. The lowest BCUT2D eigenvalue weighted by molar-refractivity contribution is -0.362. The number of aliphatic hydroxyl groups is 6. The van der Waals surface area contributed by atoms with Crippen molar-refractivity contribution in [3.63, 3.8) is 0 Å². The average molecular weight is 847 g/mol. The first-order valence-corrected chi connectivity index (χ1v) is 22.5. The molecule has 0 radical (unpaired) electrons. The number of carbonyl (C=O) groups excluding carboxylic acids is 1. The van der Waals surface area contributed by atoms with Crippen molar-refractivity contribution in [3.8, 4) is 0 Å². The molecule has 3 aliphatic heterocycles. The predicted octanol–water partition coefficient (Wildman–Crippen LogP) is 2.30. The Morgan fingerprint density at radius 2 is 1.59 bits per heavy atom. The monoisotopic (exact) mass is 846 g/mol. The van der Waals surface area contributed by atoms with Crippen LogP contribution in [-0.2, 0) is 43.1 Å².